The monoisotopic (exact) mass is 513 g/mol. The highest BCUT2D eigenvalue weighted by Gasteiger charge is 2.35. The van der Waals surface area contributed by atoms with Gasteiger partial charge in [-0.1, -0.05) is 66.7 Å². The topological polar surface area (TPSA) is 76.9 Å². The molecule has 37 heavy (non-hydrogen) atoms. The molecule has 3 unspecified atom stereocenters. The fourth-order valence-electron chi connectivity index (χ4n) is 5.21. The third-order valence-electron chi connectivity index (χ3n) is 7.11. The van der Waals surface area contributed by atoms with Crippen LogP contribution in [0.1, 0.15) is 47.1 Å². The number of carbonyl (C=O) groups is 1. The Balaban J connectivity index is 1.43. The molecule has 3 atom stereocenters. The molecular formula is C30H31N3O3S. The molecule has 1 aromatic heterocycles. The minimum Gasteiger partial charge on any atom is -0.508 e. The lowest BCUT2D eigenvalue weighted by atomic mass is 9.92. The van der Waals surface area contributed by atoms with Gasteiger partial charge in [0.25, 0.3) is 0 Å². The van der Waals surface area contributed by atoms with Gasteiger partial charge in [-0.3, -0.25) is 9.80 Å². The van der Waals surface area contributed by atoms with Crippen molar-refractivity contribution in [2.45, 2.75) is 38.5 Å². The van der Waals surface area contributed by atoms with Gasteiger partial charge in [0.2, 0.25) is 0 Å². The highest BCUT2D eigenvalue weighted by molar-refractivity contribution is 7.13. The Hall–Kier alpha value is -3.52. The van der Waals surface area contributed by atoms with Crippen molar-refractivity contribution >= 4 is 17.3 Å². The van der Waals surface area contributed by atoms with Gasteiger partial charge in [-0.25, -0.2) is 9.78 Å². The van der Waals surface area contributed by atoms with Crippen LogP contribution in [0.2, 0.25) is 0 Å². The molecule has 1 aliphatic heterocycles. The van der Waals surface area contributed by atoms with E-state index in [1.54, 1.807) is 11.4 Å². The molecule has 190 valence electrons. The number of hydrogen-bond donors (Lipinski definition) is 2. The van der Waals surface area contributed by atoms with E-state index in [-0.39, 0.29) is 17.5 Å². The van der Waals surface area contributed by atoms with Crippen molar-refractivity contribution < 1.29 is 15.0 Å². The molecule has 2 heterocycles. The lowest BCUT2D eigenvalue weighted by molar-refractivity contribution is 0.0195. The van der Waals surface area contributed by atoms with Gasteiger partial charge in [0.05, 0.1) is 6.04 Å². The molecule has 0 amide bonds. The molecule has 0 spiro atoms. The molecule has 6 nitrogen and oxygen atoms in total. The molecular weight excluding hydrogens is 482 g/mol. The summed E-state index contributed by atoms with van der Waals surface area (Å²) in [5.74, 6) is -0.760. The number of rotatable bonds is 7. The molecule has 1 saturated heterocycles. The maximum absolute atomic E-state index is 11.2. The van der Waals surface area contributed by atoms with Gasteiger partial charge in [-0.05, 0) is 42.7 Å². The number of aromatic hydroxyl groups is 1. The molecule has 4 aromatic rings. The zero-order valence-electron chi connectivity index (χ0n) is 21.0. The largest absolute Gasteiger partial charge is 0.508 e. The number of hydrogen-bond acceptors (Lipinski definition) is 6. The average molecular weight is 514 g/mol. The van der Waals surface area contributed by atoms with E-state index in [2.05, 4.69) is 77.2 Å². The van der Waals surface area contributed by atoms with Gasteiger partial charge in [0, 0.05) is 42.7 Å². The minimum absolute atomic E-state index is 0.0247. The van der Waals surface area contributed by atoms with Crippen LogP contribution < -0.4 is 0 Å². The van der Waals surface area contributed by atoms with E-state index >= 15 is 0 Å². The third-order valence-corrected chi connectivity index (χ3v) is 8.00. The molecule has 7 heteroatoms. The molecule has 0 saturated carbocycles. The van der Waals surface area contributed by atoms with Crippen LogP contribution in [-0.4, -0.2) is 56.1 Å². The van der Waals surface area contributed by atoms with Crippen molar-refractivity contribution in [2.24, 2.45) is 0 Å². The first-order chi connectivity index (χ1) is 17.9. The van der Waals surface area contributed by atoms with E-state index in [1.165, 1.54) is 16.9 Å². The summed E-state index contributed by atoms with van der Waals surface area (Å²) in [6.07, 6.45) is 0. The minimum atomic E-state index is -1.02. The summed E-state index contributed by atoms with van der Waals surface area (Å²) >= 11 is 1.33. The van der Waals surface area contributed by atoms with E-state index in [0.717, 1.165) is 36.3 Å². The Morgan fingerprint density at radius 1 is 0.973 bits per heavy atom. The Morgan fingerprint density at radius 3 is 2.41 bits per heavy atom. The van der Waals surface area contributed by atoms with E-state index in [1.807, 2.05) is 24.3 Å². The van der Waals surface area contributed by atoms with Crippen molar-refractivity contribution in [1.29, 1.82) is 0 Å². The van der Waals surface area contributed by atoms with Crippen LogP contribution in [0.5, 0.6) is 5.75 Å². The van der Waals surface area contributed by atoms with Crippen LogP contribution in [0, 0.1) is 0 Å². The van der Waals surface area contributed by atoms with E-state index in [9.17, 15) is 15.0 Å². The van der Waals surface area contributed by atoms with E-state index in [4.69, 9.17) is 0 Å². The fourth-order valence-corrected chi connectivity index (χ4v) is 6.01. The second-order valence-corrected chi connectivity index (χ2v) is 10.6. The summed E-state index contributed by atoms with van der Waals surface area (Å²) in [4.78, 5) is 20.6. The summed E-state index contributed by atoms with van der Waals surface area (Å²) < 4.78 is 0. The predicted molar refractivity (Wildman–Crippen MR) is 147 cm³/mol. The van der Waals surface area contributed by atoms with Crippen molar-refractivity contribution in [1.82, 2.24) is 14.8 Å². The predicted octanol–water partition coefficient (Wildman–Crippen LogP) is 5.90. The van der Waals surface area contributed by atoms with Gasteiger partial charge in [0.1, 0.15) is 10.8 Å². The number of aromatic carboxylic acids is 1. The molecule has 0 aliphatic carbocycles. The van der Waals surface area contributed by atoms with Crippen molar-refractivity contribution in [3.8, 4) is 16.3 Å². The maximum Gasteiger partial charge on any atom is 0.355 e. The number of aromatic nitrogens is 1. The average Bonchev–Trinajstić information content (AvgIpc) is 3.39. The van der Waals surface area contributed by atoms with Crippen LogP contribution in [0.25, 0.3) is 10.6 Å². The van der Waals surface area contributed by atoms with Gasteiger partial charge in [-0.2, -0.15) is 0 Å². The van der Waals surface area contributed by atoms with Crippen LogP contribution in [-0.2, 0) is 6.54 Å². The number of phenols is 1. The smallest absolute Gasteiger partial charge is 0.355 e. The van der Waals surface area contributed by atoms with Gasteiger partial charge in [0.15, 0.2) is 5.69 Å². The zero-order valence-corrected chi connectivity index (χ0v) is 21.8. The number of thiazole rings is 1. The summed E-state index contributed by atoms with van der Waals surface area (Å²) in [5.41, 5.74) is 4.46. The second-order valence-electron chi connectivity index (χ2n) is 9.77. The molecule has 1 aliphatic rings. The highest BCUT2D eigenvalue weighted by atomic mass is 32.1. The molecule has 2 N–H and O–H groups in total. The first-order valence-electron chi connectivity index (χ1n) is 12.5. The lowest BCUT2D eigenvalue weighted by Crippen LogP contribution is -2.56. The highest BCUT2D eigenvalue weighted by Crippen LogP contribution is 2.36. The fraction of sp³-hybridized carbons (Fsp3) is 0.267. The molecule has 5 rings (SSSR count). The molecule has 0 bridgehead atoms. The van der Waals surface area contributed by atoms with Crippen LogP contribution in [0.3, 0.4) is 0 Å². The summed E-state index contributed by atoms with van der Waals surface area (Å²) in [5, 5.41) is 21.8. The summed E-state index contributed by atoms with van der Waals surface area (Å²) in [7, 11) is 0. The van der Waals surface area contributed by atoms with Crippen LogP contribution in [0.4, 0.5) is 0 Å². The standard InChI is InChI=1S/C30H31N3O3S/c1-20-17-33(21(2)16-32(20)18-22-7-4-3-5-8-22)28(25-9-6-10-26(34)15-25)23-11-13-24(14-12-23)29-31-27(19-37-29)30(35)36/h3-15,19-21,28,34H,16-18H2,1-2H3,(H,35,36). The first kappa shape index (κ1) is 25.1. The Labute approximate surface area is 221 Å². The number of phenolic OH excluding ortho intramolecular Hbond substituents is 1. The Kier molecular flexibility index (Phi) is 7.37. The van der Waals surface area contributed by atoms with Gasteiger partial charge >= 0.3 is 5.97 Å². The van der Waals surface area contributed by atoms with Crippen molar-refractivity contribution in [3.05, 3.63) is 107 Å². The van der Waals surface area contributed by atoms with Crippen molar-refractivity contribution in [3.63, 3.8) is 0 Å². The number of carboxylic acids is 1. The quantitative estimate of drug-likeness (QED) is 0.321. The summed E-state index contributed by atoms with van der Waals surface area (Å²) in [6, 6.07) is 27.0. The molecule has 3 aromatic carbocycles. The second kappa shape index (κ2) is 10.8. The van der Waals surface area contributed by atoms with Gasteiger partial charge < -0.3 is 10.2 Å². The van der Waals surface area contributed by atoms with E-state index < -0.39 is 5.97 Å². The molecule has 0 radical (unpaired) electrons. The first-order valence-corrected chi connectivity index (χ1v) is 13.4. The lowest BCUT2D eigenvalue weighted by Gasteiger charge is -2.47. The number of carboxylic acid groups (broad SMARTS) is 1. The van der Waals surface area contributed by atoms with Crippen LogP contribution in [0.15, 0.2) is 84.2 Å². The Bertz CT molecular complexity index is 1360. The van der Waals surface area contributed by atoms with Crippen molar-refractivity contribution in [2.75, 3.05) is 13.1 Å². The van der Waals surface area contributed by atoms with E-state index in [0.29, 0.717) is 17.1 Å². The number of nitrogens with zero attached hydrogens (tertiary/aromatic N) is 3. The zero-order chi connectivity index (χ0) is 25.9. The normalized spacial score (nSPS) is 19.5. The third kappa shape index (κ3) is 5.59. The SMILES string of the molecule is CC1CN(C(c2ccc(-c3nc(C(=O)O)cs3)cc2)c2cccc(O)c2)C(C)CN1Cc1ccccc1. The number of benzene rings is 3. The Morgan fingerprint density at radius 2 is 1.73 bits per heavy atom. The van der Waals surface area contributed by atoms with Crippen LogP contribution >= 0.6 is 11.3 Å². The number of piperazine rings is 1. The summed E-state index contributed by atoms with van der Waals surface area (Å²) in [6.45, 7) is 7.33. The maximum atomic E-state index is 11.2. The van der Waals surface area contributed by atoms with Gasteiger partial charge in [-0.15, -0.1) is 11.3 Å². The molecule has 1 fully saturated rings.